The number of nitrogens with one attached hydrogen (secondary N) is 1. The van der Waals surface area contributed by atoms with Crippen LogP contribution in [0.3, 0.4) is 0 Å². The largest absolute Gasteiger partial charge is 0.409 e. The Labute approximate surface area is 124 Å². The number of hydrogen-bond acceptors (Lipinski definition) is 4. The first-order chi connectivity index (χ1) is 9.47. The van der Waals surface area contributed by atoms with Crippen LogP contribution in [0.2, 0.25) is 5.02 Å². The normalized spacial score (nSPS) is 13.8. The third-order valence-corrected chi connectivity index (χ3v) is 3.37. The first kappa shape index (κ1) is 16.8. The Morgan fingerprint density at radius 1 is 1.45 bits per heavy atom. The summed E-state index contributed by atoms with van der Waals surface area (Å²) < 4.78 is 0. The zero-order valence-corrected chi connectivity index (χ0v) is 12.6. The molecule has 6 heteroatoms. The van der Waals surface area contributed by atoms with Crippen LogP contribution < -0.4 is 11.1 Å². The maximum absolute atomic E-state index is 9.32. The van der Waals surface area contributed by atoms with Crippen LogP contribution in [-0.2, 0) is 6.54 Å². The molecular weight excluding hydrogens is 278 g/mol. The fourth-order valence-corrected chi connectivity index (χ4v) is 2.20. The number of amidine groups is 1. The van der Waals surface area contributed by atoms with Crippen molar-refractivity contribution in [3.8, 4) is 0 Å². The van der Waals surface area contributed by atoms with Gasteiger partial charge in [-0.3, -0.25) is 0 Å². The van der Waals surface area contributed by atoms with Crippen LogP contribution >= 0.6 is 11.6 Å². The van der Waals surface area contributed by atoms with Gasteiger partial charge in [-0.25, -0.2) is 0 Å². The van der Waals surface area contributed by atoms with E-state index < -0.39 is 0 Å². The van der Waals surface area contributed by atoms with Crippen LogP contribution in [0.25, 0.3) is 0 Å². The van der Waals surface area contributed by atoms with Crippen LogP contribution in [0.5, 0.6) is 0 Å². The van der Waals surface area contributed by atoms with E-state index in [0.717, 1.165) is 12.0 Å². The van der Waals surface area contributed by atoms with Crippen LogP contribution in [0.1, 0.15) is 31.4 Å². The smallest absolute Gasteiger partial charge is 0.170 e. The van der Waals surface area contributed by atoms with Gasteiger partial charge in [0, 0.05) is 23.2 Å². The number of halogens is 1. The Balaban J connectivity index is 2.69. The van der Waals surface area contributed by atoms with Crippen molar-refractivity contribution in [2.45, 2.75) is 32.9 Å². The van der Waals surface area contributed by atoms with Crippen LogP contribution in [0, 0.1) is 5.92 Å². The number of aliphatic hydroxyl groups is 1. The summed E-state index contributed by atoms with van der Waals surface area (Å²) in [7, 11) is 0. The van der Waals surface area contributed by atoms with Crippen molar-refractivity contribution in [2.75, 3.05) is 6.61 Å². The van der Waals surface area contributed by atoms with Gasteiger partial charge in [0.2, 0.25) is 0 Å². The maximum Gasteiger partial charge on any atom is 0.170 e. The summed E-state index contributed by atoms with van der Waals surface area (Å²) in [5.41, 5.74) is 6.98. The number of nitrogens with zero attached hydrogens (tertiary/aromatic N) is 1. The van der Waals surface area contributed by atoms with Gasteiger partial charge >= 0.3 is 0 Å². The Morgan fingerprint density at radius 3 is 2.65 bits per heavy atom. The van der Waals surface area contributed by atoms with Crippen LogP contribution in [-0.4, -0.2) is 28.8 Å². The lowest BCUT2D eigenvalue weighted by molar-refractivity contribution is 0.223. The van der Waals surface area contributed by atoms with Gasteiger partial charge in [0.1, 0.15) is 0 Å². The molecule has 112 valence electrons. The highest BCUT2D eigenvalue weighted by atomic mass is 35.5. The fourth-order valence-electron chi connectivity index (χ4n) is 1.95. The summed E-state index contributed by atoms with van der Waals surface area (Å²) in [5, 5.41) is 24.7. The number of aliphatic hydroxyl groups excluding tert-OH is 1. The average molecular weight is 300 g/mol. The van der Waals surface area contributed by atoms with Gasteiger partial charge in [-0.05, 0) is 24.0 Å². The molecule has 1 aromatic carbocycles. The van der Waals surface area contributed by atoms with Gasteiger partial charge in [-0.15, -0.1) is 0 Å². The highest BCUT2D eigenvalue weighted by molar-refractivity contribution is 6.31. The Hall–Kier alpha value is -1.30. The molecule has 0 aromatic heterocycles. The molecule has 0 saturated carbocycles. The van der Waals surface area contributed by atoms with Crippen molar-refractivity contribution in [2.24, 2.45) is 16.8 Å². The molecule has 1 aromatic rings. The van der Waals surface area contributed by atoms with E-state index in [9.17, 15) is 5.11 Å². The molecule has 1 unspecified atom stereocenters. The topological polar surface area (TPSA) is 90.9 Å². The van der Waals surface area contributed by atoms with E-state index in [1.165, 1.54) is 0 Å². The summed E-state index contributed by atoms with van der Waals surface area (Å²) in [6.45, 7) is 4.89. The Morgan fingerprint density at radius 2 is 2.15 bits per heavy atom. The molecule has 5 N–H and O–H groups in total. The lowest BCUT2D eigenvalue weighted by Crippen LogP contribution is -2.33. The number of rotatable bonds is 7. The van der Waals surface area contributed by atoms with Crippen molar-refractivity contribution in [1.29, 1.82) is 0 Å². The first-order valence-corrected chi connectivity index (χ1v) is 6.96. The molecule has 0 fully saturated rings. The number of oxime groups is 1. The Kier molecular flexibility index (Phi) is 6.78. The minimum Gasteiger partial charge on any atom is -0.409 e. The molecule has 0 saturated heterocycles. The zero-order valence-electron chi connectivity index (χ0n) is 11.8. The molecule has 0 radical (unpaired) electrons. The molecule has 0 heterocycles. The SMILES string of the molecule is CC(C)CC(CO)NCc1ccc(/C(N)=N/O)cc1Cl. The van der Waals surface area contributed by atoms with Gasteiger partial charge in [0.25, 0.3) is 0 Å². The molecule has 0 amide bonds. The number of benzene rings is 1. The number of hydrogen-bond donors (Lipinski definition) is 4. The average Bonchev–Trinajstić information content (AvgIpc) is 2.43. The highest BCUT2D eigenvalue weighted by Crippen LogP contribution is 2.18. The summed E-state index contributed by atoms with van der Waals surface area (Å²) in [5.74, 6) is 0.539. The lowest BCUT2D eigenvalue weighted by Gasteiger charge is -2.18. The first-order valence-electron chi connectivity index (χ1n) is 6.58. The molecule has 0 aliphatic heterocycles. The molecule has 0 bridgehead atoms. The monoisotopic (exact) mass is 299 g/mol. The van der Waals surface area contributed by atoms with Gasteiger partial charge in [-0.1, -0.05) is 42.7 Å². The van der Waals surface area contributed by atoms with Crippen molar-refractivity contribution in [3.05, 3.63) is 34.3 Å². The number of nitrogens with two attached hydrogens (primary N) is 1. The predicted octanol–water partition coefficient (Wildman–Crippen LogP) is 1.93. The van der Waals surface area contributed by atoms with E-state index in [1.807, 2.05) is 6.07 Å². The second-order valence-electron chi connectivity index (χ2n) is 5.18. The third-order valence-electron chi connectivity index (χ3n) is 3.01. The minimum absolute atomic E-state index is 0.0273. The standard InChI is InChI=1S/C14H22ClN3O2/c1-9(2)5-12(8-19)17-7-11-4-3-10(6-13(11)15)14(16)18-20/h3-4,6,9,12,17,19-20H,5,7-8H2,1-2H3,(H2,16,18). The summed E-state index contributed by atoms with van der Waals surface area (Å²) in [4.78, 5) is 0. The van der Waals surface area contributed by atoms with E-state index in [4.69, 9.17) is 22.5 Å². The van der Waals surface area contributed by atoms with Crippen molar-refractivity contribution in [3.63, 3.8) is 0 Å². The van der Waals surface area contributed by atoms with Crippen LogP contribution in [0.15, 0.2) is 23.4 Å². The van der Waals surface area contributed by atoms with Gasteiger partial charge in [-0.2, -0.15) is 0 Å². The quantitative estimate of drug-likeness (QED) is 0.268. The van der Waals surface area contributed by atoms with Crippen molar-refractivity contribution >= 4 is 17.4 Å². The molecule has 0 spiro atoms. The summed E-state index contributed by atoms with van der Waals surface area (Å²) in [6.07, 6.45) is 0.899. The fraction of sp³-hybridized carbons (Fsp3) is 0.500. The third kappa shape index (κ3) is 5.00. The van der Waals surface area contributed by atoms with E-state index in [0.29, 0.717) is 23.0 Å². The van der Waals surface area contributed by atoms with E-state index in [1.54, 1.807) is 12.1 Å². The van der Waals surface area contributed by atoms with Crippen molar-refractivity contribution < 1.29 is 10.3 Å². The van der Waals surface area contributed by atoms with Crippen molar-refractivity contribution in [1.82, 2.24) is 5.32 Å². The molecule has 1 atom stereocenters. The zero-order chi connectivity index (χ0) is 15.1. The minimum atomic E-state index is 0.0273. The predicted molar refractivity (Wildman–Crippen MR) is 81.1 cm³/mol. The lowest BCUT2D eigenvalue weighted by atomic mass is 10.0. The molecular formula is C14H22ClN3O2. The maximum atomic E-state index is 9.32. The summed E-state index contributed by atoms with van der Waals surface area (Å²) in [6, 6.07) is 5.28. The van der Waals surface area contributed by atoms with E-state index in [-0.39, 0.29) is 18.5 Å². The molecule has 5 nitrogen and oxygen atoms in total. The van der Waals surface area contributed by atoms with E-state index in [2.05, 4.69) is 24.3 Å². The van der Waals surface area contributed by atoms with Gasteiger partial charge in [0.15, 0.2) is 5.84 Å². The Bertz CT molecular complexity index is 464. The second-order valence-corrected chi connectivity index (χ2v) is 5.59. The van der Waals surface area contributed by atoms with E-state index >= 15 is 0 Å². The van der Waals surface area contributed by atoms with Crippen LogP contribution in [0.4, 0.5) is 0 Å². The molecule has 1 rings (SSSR count). The molecule has 0 aliphatic rings. The van der Waals surface area contributed by atoms with Gasteiger partial charge < -0.3 is 21.4 Å². The molecule has 0 aliphatic carbocycles. The summed E-state index contributed by atoms with van der Waals surface area (Å²) >= 11 is 6.17. The second kappa shape index (κ2) is 8.09. The molecule has 20 heavy (non-hydrogen) atoms. The highest BCUT2D eigenvalue weighted by Gasteiger charge is 2.11. The van der Waals surface area contributed by atoms with Gasteiger partial charge in [0.05, 0.1) is 6.61 Å².